The highest BCUT2D eigenvalue weighted by Crippen LogP contribution is 2.33. The predicted molar refractivity (Wildman–Crippen MR) is 70.5 cm³/mol. The van der Waals surface area contributed by atoms with Gasteiger partial charge in [0.25, 0.3) is 0 Å². The molecule has 0 N–H and O–H groups in total. The zero-order valence-electron chi connectivity index (χ0n) is 11.2. The van der Waals surface area contributed by atoms with Gasteiger partial charge in [-0.3, -0.25) is 0 Å². The lowest BCUT2D eigenvalue weighted by Gasteiger charge is -2.14. The van der Waals surface area contributed by atoms with Crippen LogP contribution in [0.3, 0.4) is 0 Å². The summed E-state index contributed by atoms with van der Waals surface area (Å²) in [6.07, 6.45) is 0. The zero-order chi connectivity index (χ0) is 14.0. The summed E-state index contributed by atoms with van der Waals surface area (Å²) in [5, 5.41) is 0.941. The number of methoxy groups -OCH3 is 1. The van der Waals surface area contributed by atoms with E-state index in [1.165, 1.54) is 7.11 Å². The molecule has 0 spiro atoms. The molecular formula is C15H16F2O2. The first-order valence-corrected chi connectivity index (χ1v) is 6.08. The molecule has 0 heterocycles. The van der Waals surface area contributed by atoms with E-state index in [0.29, 0.717) is 16.5 Å². The van der Waals surface area contributed by atoms with E-state index in [4.69, 9.17) is 9.47 Å². The summed E-state index contributed by atoms with van der Waals surface area (Å²) in [4.78, 5) is 0. The fourth-order valence-corrected chi connectivity index (χ4v) is 2.07. The van der Waals surface area contributed by atoms with Crippen molar-refractivity contribution in [3.63, 3.8) is 0 Å². The molecular weight excluding hydrogens is 250 g/mol. The van der Waals surface area contributed by atoms with Gasteiger partial charge in [0.1, 0.15) is 5.75 Å². The molecule has 102 valence electrons. The topological polar surface area (TPSA) is 18.5 Å². The molecule has 2 aromatic rings. The van der Waals surface area contributed by atoms with Crippen molar-refractivity contribution < 1.29 is 18.3 Å². The molecule has 0 saturated carbocycles. The van der Waals surface area contributed by atoms with Crippen molar-refractivity contribution in [2.24, 2.45) is 0 Å². The number of halogens is 2. The van der Waals surface area contributed by atoms with Crippen molar-refractivity contribution in [1.82, 2.24) is 0 Å². The average Bonchev–Trinajstić information content (AvgIpc) is 2.39. The molecule has 0 aliphatic heterocycles. The standard InChI is InChI=1S/C15H16F2O2/c1-9(2)12-7-11(19-8-18-3)6-10-4-5-13(16)15(17)14(10)12/h4-7,9H,8H2,1-3H3. The van der Waals surface area contributed by atoms with Crippen molar-refractivity contribution in [2.45, 2.75) is 19.8 Å². The Hall–Kier alpha value is -1.68. The lowest BCUT2D eigenvalue weighted by Crippen LogP contribution is -2.01. The van der Waals surface area contributed by atoms with Crippen LogP contribution in [0.5, 0.6) is 5.75 Å². The van der Waals surface area contributed by atoms with Gasteiger partial charge in [-0.1, -0.05) is 19.9 Å². The molecule has 4 heteroatoms. The number of hydrogen-bond donors (Lipinski definition) is 0. The average molecular weight is 266 g/mol. The number of fused-ring (bicyclic) bond motifs is 1. The summed E-state index contributed by atoms with van der Waals surface area (Å²) in [6, 6.07) is 6.10. The SMILES string of the molecule is COCOc1cc(C(C)C)c2c(F)c(F)ccc2c1. The van der Waals surface area contributed by atoms with Crippen molar-refractivity contribution in [2.75, 3.05) is 13.9 Å². The Kier molecular flexibility index (Phi) is 4.00. The fraction of sp³-hybridized carbons (Fsp3) is 0.333. The Morgan fingerprint density at radius 1 is 1.16 bits per heavy atom. The lowest BCUT2D eigenvalue weighted by atomic mass is 9.95. The first-order valence-electron chi connectivity index (χ1n) is 6.08. The van der Waals surface area contributed by atoms with Crippen LogP contribution in [0.25, 0.3) is 10.8 Å². The summed E-state index contributed by atoms with van der Waals surface area (Å²) in [7, 11) is 1.53. The van der Waals surface area contributed by atoms with Gasteiger partial charge in [0.05, 0.1) is 0 Å². The highest BCUT2D eigenvalue weighted by Gasteiger charge is 2.15. The third-order valence-corrected chi connectivity index (χ3v) is 2.98. The zero-order valence-corrected chi connectivity index (χ0v) is 11.2. The molecule has 0 bridgehead atoms. The van der Waals surface area contributed by atoms with Gasteiger partial charge in [-0.25, -0.2) is 8.78 Å². The van der Waals surface area contributed by atoms with Crippen molar-refractivity contribution in [3.05, 3.63) is 41.5 Å². The van der Waals surface area contributed by atoms with Gasteiger partial charge >= 0.3 is 0 Å². The normalized spacial score (nSPS) is 11.3. The maximum absolute atomic E-state index is 14.0. The van der Waals surface area contributed by atoms with Gasteiger partial charge in [-0.2, -0.15) is 0 Å². The van der Waals surface area contributed by atoms with E-state index in [9.17, 15) is 8.78 Å². The number of hydrogen-bond acceptors (Lipinski definition) is 2. The van der Waals surface area contributed by atoms with Crippen LogP contribution < -0.4 is 4.74 Å². The van der Waals surface area contributed by atoms with Crippen molar-refractivity contribution in [1.29, 1.82) is 0 Å². The molecule has 0 amide bonds. The van der Waals surface area contributed by atoms with Crippen molar-refractivity contribution >= 4 is 10.8 Å². The Morgan fingerprint density at radius 3 is 2.53 bits per heavy atom. The molecule has 2 aromatic carbocycles. The first kappa shape index (κ1) is 13.7. The number of rotatable bonds is 4. The molecule has 0 radical (unpaired) electrons. The predicted octanol–water partition coefficient (Wildman–Crippen LogP) is 4.22. The van der Waals surface area contributed by atoms with Crippen LogP contribution in [-0.4, -0.2) is 13.9 Å². The molecule has 0 unspecified atom stereocenters. The van der Waals surface area contributed by atoms with E-state index >= 15 is 0 Å². The van der Waals surface area contributed by atoms with Crippen molar-refractivity contribution in [3.8, 4) is 5.75 Å². The number of ether oxygens (including phenoxy) is 2. The van der Waals surface area contributed by atoms with Crippen LogP contribution in [0.2, 0.25) is 0 Å². The van der Waals surface area contributed by atoms with Gasteiger partial charge in [0, 0.05) is 12.5 Å². The van der Waals surface area contributed by atoms with E-state index in [1.54, 1.807) is 18.2 Å². The molecule has 2 nitrogen and oxygen atoms in total. The summed E-state index contributed by atoms with van der Waals surface area (Å²) < 4.78 is 37.6. The van der Waals surface area contributed by atoms with Gasteiger partial charge in [-0.15, -0.1) is 0 Å². The Labute approximate surface area is 110 Å². The van der Waals surface area contributed by atoms with E-state index < -0.39 is 11.6 Å². The Balaban J connectivity index is 2.65. The molecule has 0 atom stereocenters. The van der Waals surface area contributed by atoms with Gasteiger partial charge in [0.15, 0.2) is 18.4 Å². The Morgan fingerprint density at radius 2 is 1.89 bits per heavy atom. The van der Waals surface area contributed by atoms with Gasteiger partial charge in [0.2, 0.25) is 0 Å². The highest BCUT2D eigenvalue weighted by atomic mass is 19.2. The van der Waals surface area contributed by atoms with Crippen LogP contribution in [0.15, 0.2) is 24.3 Å². The largest absolute Gasteiger partial charge is 0.468 e. The summed E-state index contributed by atoms with van der Waals surface area (Å²) in [5.74, 6) is -0.992. The minimum Gasteiger partial charge on any atom is -0.468 e. The van der Waals surface area contributed by atoms with Crippen LogP contribution in [0, 0.1) is 11.6 Å². The van der Waals surface area contributed by atoms with Crippen LogP contribution >= 0.6 is 0 Å². The lowest BCUT2D eigenvalue weighted by molar-refractivity contribution is 0.0512. The highest BCUT2D eigenvalue weighted by molar-refractivity contribution is 5.88. The second kappa shape index (κ2) is 5.53. The third kappa shape index (κ3) is 2.68. The van der Waals surface area contributed by atoms with E-state index in [-0.39, 0.29) is 12.7 Å². The summed E-state index contributed by atoms with van der Waals surface area (Å²) in [5.41, 5.74) is 0.723. The third-order valence-electron chi connectivity index (χ3n) is 2.98. The second-order valence-electron chi connectivity index (χ2n) is 4.68. The molecule has 0 fully saturated rings. The second-order valence-corrected chi connectivity index (χ2v) is 4.68. The first-order chi connectivity index (χ1) is 9.04. The Bertz CT molecular complexity index is 594. The quantitative estimate of drug-likeness (QED) is 0.771. The number of benzene rings is 2. The molecule has 0 aliphatic carbocycles. The fourth-order valence-electron chi connectivity index (χ4n) is 2.07. The van der Waals surface area contributed by atoms with Crippen LogP contribution in [0.1, 0.15) is 25.3 Å². The maximum atomic E-state index is 14.0. The minimum atomic E-state index is -0.833. The van der Waals surface area contributed by atoms with E-state index in [1.807, 2.05) is 13.8 Å². The molecule has 0 aromatic heterocycles. The smallest absolute Gasteiger partial charge is 0.188 e. The monoisotopic (exact) mass is 266 g/mol. The summed E-state index contributed by atoms with van der Waals surface area (Å²) >= 11 is 0. The van der Waals surface area contributed by atoms with E-state index in [2.05, 4.69) is 0 Å². The minimum absolute atomic E-state index is 0.0601. The summed E-state index contributed by atoms with van der Waals surface area (Å²) in [6.45, 7) is 3.98. The molecule has 19 heavy (non-hydrogen) atoms. The van der Waals surface area contributed by atoms with Crippen LogP contribution in [-0.2, 0) is 4.74 Å². The van der Waals surface area contributed by atoms with Gasteiger partial charge in [-0.05, 0) is 35.1 Å². The van der Waals surface area contributed by atoms with E-state index in [0.717, 1.165) is 11.6 Å². The molecule has 2 rings (SSSR count). The van der Waals surface area contributed by atoms with Crippen LogP contribution in [0.4, 0.5) is 8.78 Å². The molecule has 0 saturated heterocycles. The molecule has 0 aliphatic rings. The maximum Gasteiger partial charge on any atom is 0.188 e. The van der Waals surface area contributed by atoms with Gasteiger partial charge < -0.3 is 9.47 Å².